The number of carbonyl (C=O) groups excluding carboxylic acids is 1. The Balaban J connectivity index is 1.35. The molecule has 3 aromatic carbocycles. The maximum Gasteiger partial charge on any atom is 0.275 e. The maximum atomic E-state index is 12.8. The van der Waals surface area contributed by atoms with Gasteiger partial charge in [-0.25, -0.2) is 4.98 Å². The van der Waals surface area contributed by atoms with Crippen LogP contribution in [0.4, 0.5) is 0 Å². The van der Waals surface area contributed by atoms with Crippen LogP contribution >= 0.6 is 0 Å². The zero-order chi connectivity index (χ0) is 24.7. The summed E-state index contributed by atoms with van der Waals surface area (Å²) in [6.07, 6.45) is 3.59. The number of para-hydroxylation sites is 1. The second kappa shape index (κ2) is 11.2. The van der Waals surface area contributed by atoms with Gasteiger partial charge in [0.25, 0.3) is 5.91 Å². The largest absolute Gasteiger partial charge is 0.457 e. The first kappa shape index (κ1) is 23.8. The summed E-state index contributed by atoms with van der Waals surface area (Å²) in [4.78, 5) is 21.5. The minimum Gasteiger partial charge on any atom is -0.457 e. The van der Waals surface area contributed by atoms with Crippen molar-refractivity contribution in [2.45, 2.75) is 38.9 Å². The smallest absolute Gasteiger partial charge is 0.275 e. The van der Waals surface area contributed by atoms with Crippen LogP contribution in [0.5, 0.6) is 11.5 Å². The van der Waals surface area contributed by atoms with Gasteiger partial charge in [0.05, 0.1) is 6.54 Å². The molecule has 1 aliphatic rings. The van der Waals surface area contributed by atoms with Gasteiger partial charge in [-0.3, -0.25) is 9.69 Å². The van der Waals surface area contributed by atoms with Gasteiger partial charge in [-0.15, -0.1) is 0 Å². The molecule has 0 saturated carbocycles. The van der Waals surface area contributed by atoms with Crippen molar-refractivity contribution >= 4 is 5.91 Å². The third-order valence-electron chi connectivity index (χ3n) is 6.60. The van der Waals surface area contributed by atoms with Gasteiger partial charge in [-0.2, -0.15) is 0 Å². The SMILES string of the molecule is CC(c1ccccc1)N(Cc1cccc(Oc2ccccc2)c1)Cc1nc(C(=O)N2CCCC2)co1. The molecule has 1 aliphatic heterocycles. The molecule has 0 spiro atoms. The molecule has 1 amide bonds. The van der Waals surface area contributed by atoms with Gasteiger partial charge >= 0.3 is 0 Å². The predicted molar refractivity (Wildman–Crippen MR) is 139 cm³/mol. The van der Waals surface area contributed by atoms with Crippen LogP contribution in [0.2, 0.25) is 0 Å². The van der Waals surface area contributed by atoms with Crippen LogP contribution in [0.3, 0.4) is 0 Å². The Hall–Kier alpha value is -3.90. The fourth-order valence-corrected chi connectivity index (χ4v) is 4.58. The summed E-state index contributed by atoms with van der Waals surface area (Å²) in [5.74, 6) is 2.09. The number of amides is 1. The molecule has 1 atom stereocenters. The zero-order valence-electron chi connectivity index (χ0n) is 20.5. The van der Waals surface area contributed by atoms with Crippen LogP contribution in [-0.4, -0.2) is 33.8 Å². The normalized spacial score (nSPS) is 14.2. The van der Waals surface area contributed by atoms with Crippen molar-refractivity contribution in [3.63, 3.8) is 0 Å². The fourth-order valence-electron chi connectivity index (χ4n) is 4.58. The minimum atomic E-state index is -0.0454. The Bertz CT molecular complexity index is 1270. The van der Waals surface area contributed by atoms with Gasteiger partial charge in [0.1, 0.15) is 17.8 Å². The molecule has 184 valence electrons. The molecule has 1 unspecified atom stereocenters. The van der Waals surface area contributed by atoms with E-state index < -0.39 is 0 Å². The fraction of sp³-hybridized carbons (Fsp3) is 0.267. The van der Waals surface area contributed by atoms with Gasteiger partial charge in [0.15, 0.2) is 5.69 Å². The molecule has 1 saturated heterocycles. The molecular formula is C30H31N3O3. The Kier molecular flexibility index (Phi) is 7.43. The summed E-state index contributed by atoms with van der Waals surface area (Å²) >= 11 is 0. The Labute approximate surface area is 212 Å². The maximum absolute atomic E-state index is 12.8. The molecule has 6 nitrogen and oxygen atoms in total. The van der Waals surface area contributed by atoms with Gasteiger partial charge in [-0.05, 0) is 55.2 Å². The lowest BCUT2D eigenvalue weighted by atomic mass is 10.1. The van der Waals surface area contributed by atoms with Crippen molar-refractivity contribution in [2.24, 2.45) is 0 Å². The van der Waals surface area contributed by atoms with Crippen LogP contribution in [0.1, 0.15) is 53.3 Å². The van der Waals surface area contributed by atoms with E-state index in [1.807, 2.05) is 53.4 Å². The van der Waals surface area contributed by atoms with E-state index in [1.165, 1.54) is 11.8 Å². The first-order valence-corrected chi connectivity index (χ1v) is 12.5. The summed E-state index contributed by atoms with van der Waals surface area (Å²) in [6.45, 7) is 4.91. The Morgan fingerprint density at radius 1 is 0.944 bits per heavy atom. The first-order chi connectivity index (χ1) is 17.7. The molecule has 5 rings (SSSR count). The van der Waals surface area contributed by atoms with E-state index in [0.717, 1.165) is 43.0 Å². The van der Waals surface area contributed by atoms with Crippen LogP contribution in [0.25, 0.3) is 0 Å². The summed E-state index contributed by atoms with van der Waals surface area (Å²) in [6, 6.07) is 28.4. The number of rotatable bonds is 9. The highest BCUT2D eigenvalue weighted by atomic mass is 16.5. The Morgan fingerprint density at radius 2 is 1.64 bits per heavy atom. The van der Waals surface area contributed by atoms with Gasteiger partial charge < -0.3 is 14.1 Å². The number of likely N-dealkylation sites (tertiary alicyclic amines) is 1. The highest BCUT2D eigenvalue weighted by Gasteiger charge is 2.24. The lowest BCUT2D eigenvalue weighted by Gasteiger charge is -2.28. The number of aromatic nitrogens is 1. The monoisotopic (exact) mass is 481 g/mol. The predicted octanol–water partition coefficient (Wildman–Crippen LogP) is 6.47. The zero-order valence-corrected chi connectivity index (χ0v) is 20.5. The Morgan fingerprint density at radius 3 is 2.39 bits per heavy atom. The highest BCUT2D eigenvalue weighted by molar-refractivity contribution is 5.92. The average Bonchev–Trinajstić information content (AvgIpc) is 3.62. The summed E-state index contributed by atoms with van der Waals surface area (Å²) in [5, 5.41) is 0. The first-order valence-electron chi connectivity index (χ1n) is 12.5. The van der Waals surface area contributed by atoms with Crippen molar-refractivity contribution in [1.82, 2.24) is 14.8 Å². The van der Waals surface area contributed by atoms with Crippen molar-refractivity contribution in [3.8, 4) is 11.5 Å². The van der Waals surface area contributed by atoms with E-state index in [1.54, 1.807) is 0 Å². The number of nitrogens with zero attached hydrogens (tertiary/aromatic N) is 3. The number of oxazole rings is 1. The number of hydrogen-bond acceptors (Lipinski definition) is 5. The number of ether oxygens (including phenoxy) is 1. The quantitative estimate of drug-likeness (QED) is 0.274. The lowest BCUT2D eigenvalue weighted by molar-refractivity contribution is 0.0787. The van der Waals surface area contributed by atoms with Crippen LogP contribution in [0.15, 0.2) is 95.6 Å². The van der Waals surface area contributed by atoms with Crippen molar-refractivity contribution in [3.05, 3.63) is 114 Å². The van der Waals surface area contributed by atoms with E-state index in [9.17, 15) is 4.79 Å². The third-order valence-corrected chi connectivity index (χ3v) is 6.60. The summed E-state index contributed by atoms with van der Waals surface area (Å²) < 4.78 is 11.8. The van der Waals surface area contributed by atoms with Gasteiger partial charge in [0.2, 0.25) is 5.89 Å². The minimum absolute atomic E-state index is 0.0454. The number of hydrogen-bond donors (Lipinski definition) is 0. The van der Waals surface area contributed by atoms with E-state index in [0.29, 0.717) is 24.7 Å². The average molecular weight is 482 g/mol. The number of carbonyl (C=O) groups is 1. The molecule has 0 radical (unpaired) electrons. The van der Waals surface area contributed by atoms with Crippen molar-refractivity contribution < 1.29 is 13.9 Å². The topological polar surface area (TPSA) is 58.8 Å². The molecule has 36 heavy (non-hydrogen) atoms. The van der Waals surface area contributed by atoms with E-state index in [2.05, 4.69) is 53.2 Å². The van der Waals surface area contributed by atoms with E-state index >= 15 is 0 Å². The van der Waals surface area contributed by atoms with Crippen LogP contribution < -0.4 is 4.74 Å². The third kappa shape index (κ3) is 5.83. The molecule has 0 aliphatic carbocycles. The molecule has 1 aromatic heterocycles. The summed E-state index contributed by atoms with van der Waals surface area (Å²) in [5.41, 5.74) is 2.71. The molecule has 4 aromatic rings. The van der Waals surface area contributed by atoms with E-state index in [4.69, 9.17) is 9.15 Å². The molecule has 6 heteroatoms. The van der Waals surface area contributed by atoms with Crippen LogP contribution in [0, 0.1) is 0 Å². The second-order valence-electron chi connectivity index (χ2n) is 9.18. The molecular weight excluding hydrogens is 450 g/mol. The summed E-state index contributed by atoms with van der Waals surface area (Å²) in [7, 11) is 0. The van der Waals surface area contributed by atoms with Crippen molar-refractivity contribution in [2.75, 3.05) is 13.1 Å². The molecule has 0 N–H and O–H groups in total. The second-order valence-corrected chi connectivity index (χ2v) is 9.18. The lowest BCUT2D eigenvalue weighted by Crippen LogP contribution is -2.28. The standard InChI is InChI=1S/C30H31N3O3/c1-23(25-12-4-2-5-13-25)33(21-29-31-28(22-35-29)30(34)32-17-8-9-18-32)20-24-11-10-16-27(19-24)36-26-14-6-3-7-15-26/h2-7,10-16,19,22-23H,8-9,17-18,20-21H2,1H3. The molecule has 0 bridgehead atoms. The van der Waals surface area contributed by atoms with Crippen LogP contribution in [-0.2, 0) is 13.1 Å². The molecule has 1 fully saturated rings. The van der Waals surface area contributed by atoms with Gasteiger partial charge in [0, 0.05) is 25.7 Å². The number of benzene rings is 3. The van der Waals surface area contributed by atoms with E-state index in [-0.39, 0.29) is 11.9 Å². The van der Waals surface area contributed by atoms with Gasteiger partial charge in [-0.1, -0.05) is 60.7 Å². The molecule has 2 heterocycles. The highest BCUT2D eigenvalue weighted by Crippen LogP contribution is 2.27. The van der Waals surface area contributed by atoms with Crippen molar-refractivity contribution in [1.29, 1.82) is 0 Å².